The Hall–Kier alpha value is -1.41. The fraction of sp³-hybridized carbons (Fsp3) is 0.636. The molecule has 108 valence electrons. The Morgan fingerprint density at radius 2 is 2.11 bits per heavy atom. The molecule has 1 heterocycles. The van der Waals surface area contributed by atoms with E-state index in [4.69, 9.17) is 4.74 Å². The first kappa shape index (κ1) is 15.6. The Labute approximate surface area is 113 Å². The summed E-state index contributed by atoms with van der Waals surface area (Å²) in [7, 11) is -3.74. The van der Waals surface area contributed by atoms with E-state index in [1.807, 2.05) is 6.92 Å². The molecule has 1 aromatic heterocycles. The lowest BCUT2D eigenvalue weighted by atomic mass is 10.5. The van der Waals surface area contributed by atoms with Crippen molar-refractivity contribution >= 4 is 16.0 Å². The van der Waals surface area contributed by atoms with Gasteiger partial charge in [0.25, 0.3) is 10.0 Å². The molecule has 0 aliphatic rings. The smallest absolute Gasteiger partial charge is 0.321 e. The van der Waals surface area contributed by atoms with Crippen LogP contribution in [0.2, 0.25) is 0 Å². The van der Waals surface area contributed by atoms with Crippen LogP contribution in [0, 0.1) is 0 Å². The summed E-state index contributed by atoms with van der Waals surface area (Å²) in [5.41, 5.74) is 0. The van der Waals surface area contributed by atoms with Gasteiger partial charge in [-0.3, -0.25) is 4.79 Å². The van der Waals surface area contributed by atoms with Crippen LogP contribution in [0.3, 0.4) is 0 Å². The zero-order valence-electron chi connectivity index (χ0n) is 11.3. The molecule has 8 heteroatoms. The highest BCUT2D eigenvalue weighted by molar-refractivity contribution is 7.89. The first-order valence-electron chi connectivity index (χ1n) is 6.15. The van der Waals surface area contributed by atoms with E-state index in [1.54, 1.807) is 13.8 Å². The zero-order valence-corrected chi connectivity index (χ0v) is 12.2. The third kappa shape index (κ3) is 3.77. The first-order chi connectivity index (χ1) is 8.95. The lowest BCUT2D eigenvalue weighted by Crippen LogP contribution is -2.36. The second-order valence-electron chi connectivity index (χ2n) is 3.78. The molecule has 0 amide bonds. The summed E-state index contributed by atoms with van der Waals surface area (Å²) in [5, 5.41) is -0.00417. The maximum Gasteiger partial charge on any atom is 0.321 e. The highest BCUT2D eigenvalue weighted by atomic mass is 32.2. The predicted octanol–water partition coefficient (Wildman–Crippen LogP) is 0.546. The number of hydrogen-bond donors (Lipinski definition) is 1. The summed E-state index contributed by atoms with van der Waals surface area (Å²) in [4.78, 5) is 18.1. The van der Waals surface area contributed by atoms with Crippen LogP contribution < -0.4 is 0 Å². The second kappa shape index (κ2) is 6.67. The number of esters is 1. The van der Waals surface area contributed by atoms with Gasteiger partial charge in [0.2, 0.25) is 0 Å². The fourth-order valence-electron chi connectivity index (χ4n) is 1.51. The van der Waals surface area contributed by atoms with Gasteiger partial charge in [0.15, 0.2) is 5.03 Å². The number of carbonyl (C=O) groups is 1. The number of aromatic nitrogens is 2. The van der Waals surface area contributed by atoms with Crippen molar-refractivity contribution in [1.29, 1.82) is 0 Å². The lowest BCUT2D eigenvalue weighted by molar-refractivity contribution is -0.143. The van der Waals surface area contributed by atoms with Gasteiger partial charge in [0, 0.05) is 13.0 Å². The molecule has 19 heavy (non-hydrogen) atoms. The van der Waals surface area contributed by atoms with Crippen molar-refractivity contribution in [3.63, 3.8) is 0 Å². The van der Waals surface area contributed by atoms with E-state index in [2.05, 4.69) is 9.97 Å². The van der Waals surface area contributed by atoms with Gasteiger partial charge >= 0.3 is 5.97 Å². The topological polar surface area (TPSA) is 92.4 Å². The van der Waals surface area contributed by atoms with E-state index < -0.39 is 16.0 Å². The number of aromatic amines is 1. The van der Waals surface area contributed by atoms with E-state index in [0.717, 1.165) is 4.31 Å². The van der Waals surface area contributed by atoms with Crippen LogP contribution in [-0.2, 0) is 26.0 Å². The molecule has 1 N–H and O–H groups in total. The third-order valence-corrected chi connectivity index (χ3v) is 4.35. The normalized spacial score (nSPS) is 11.8. The van der Waals surface area contributed by atoms with Gasteiger partial charge < -0.3 is 9.72 Å². The Balaban J connectivity index is 2.92. The van der Waals surface area contributed by atoms with Crippen LogP contribution in [0.4, 0.5) is 0 Å². The fourth-order valence-corrected chi connectivity index (χ4v) is 2.84. The van der Waals surface area contributed by atoms with Crippen molar-refractivity contribution in [2.75, 3.05) is 19.7 Å². The summed E-state index contributed by atoms with van der Waals surface area (Å²) in [5.74, 6) is 0.0221. The molecule has 0 aliphatic heterocycles. The molecule has 0 spiro atoms. The predicted molar refractivity (Wildman–Crippen MR) is 69.0 cm³/mol. The van der Waals surface area contributed by atoms with Gasteiger partial charge in [-0.2, -0.15) is 4.31 Å². The lowest BCUT2D eigenvalue weighted by Gasteiger charge is -2.18. The maximum atomic E-state index is 12.3. The van der Waals surface area contributed by atoms with Crippen LogP contribution in [0.15, 0.2) is 11.2 Å². The molecule has 0 radical (unpaired) electrons. The quantitative estimate of drug-likeness (QED) is 0.740. The van der Waals surface area contributed by atoms with Crippen LogP contribution in [0.1, 0.15) is 26.6 Å². The molecular weight excluding hydrogens is 270 g/mol. The molecule has 0 bridgehead atoms. The Kier molecular flexibility index (Phi) is 5.49. The van der Waals surface area contributed by atoms with Crippen molar-refractivity contribution in [2.45, 2.75) is 32.2 Å². The Morgan fingerprint density at radius 1 is 1.42 bits per heavy atom. The molecule has 0 aromatic carbocycles. The zero-order chi connectivity index (χ0) is 14.5. The molecule has 0 unspecified atom stereocenters. The van der Waals surface area contributed by atoms with E-state index in [9.17, 15) is 13.2 Å². The van der Waals surface area contributed by atoms with Gasteiger partial charge in [0.05, 0.1) is 12.8 Å². The number of imidazole rings is 1. The average Bonchev–Trinajstić information content (AvgIpc) is 2.85. The summed E-state index contributed by atoms with van der Waals surface area (Å²) in [6.45, 7) is 5.31. The minimum Gasteiger partial charge on any atom is -0.465 e. The molecule has 0 aliphatic carbocycles. The minimum absolute atomic E-state index is 0.00417. The molecule has 0 saturated carbocycles. The van der Waals surface area contributed by atoms with Crippen LogP contribution in [0.5, 0.6) is 0 Å². The van der Waals surface area contributed by atoms with Crippen molar-refractivity contribution in [2.24, 2.45) is 0 Å². The summed E-state index contributed by atoms with van der Waals surface area (Å²) >= 11 is 0. The van der Waals surface area contributed by atoms with Gasteiger partial charge in [-0.1, -0.05) is 13.8 Å². The molecule has 0 saturated heterocycles. The first-order valence-corrected chi connectivity index (χ1v) is 7.59. The maximum absolute atomic E-state index is 12.3. The third-order valence-electron chi connectivity index (χ3n) is 2.52. The SMILES string of the molecule is CCOC(=O)CN(CC)S(=O)(=O)c1cnc(CC)[nH]1. The Morgan fingerprint density at radius 3 is 2.58 bits per heavy atom. The van der Waals surface area contributed by atoms with E-state index in [0.29, 0.717) is 12.2 Å². The highest BCUT2D eigenvalue weighted by Crippen LogP contribution is 2.13. The number of H-pyrrole nitrogens is 1. The number of aryl methyl sites for hydroxylation is 1. The van der Waals surface area contributed by atoms with Gasteiger partial charge in [0.1, 0.15) is 12.4 Å². The number of ether oxygens (including phenoxy) is 1. The van der Waals surface area contributed by atoms with Crippen LogP contribution in [0.25, 0.3) is 0 Å². The van der Waals surface area contributed by atoms with E-state index in [1.165, 1.54) is 6.20 Å². The number of nitrogens with zero attached hydrogens (tertiary/aromatic N) is 2. The molecule has 0 atom stereocenters. The molecule has 1 rings (SSSR count). The van der Waals surface area contributed by atoms with Crippen molar-refractivity contribution in [3.8, 4) is 0 Å². The highest BCUT2D eigenvalue weighted by Gasteiger charge is 2.27. The number of hydrogen-bond acceptors (Lipinski definition) is 5. The van der Waals surface area contributed by atoms with Crippen LogP contribution >= 0.6 is 0 Å². The van der Waals surface area contributed by atoms with Crippen LogP contribution in [-0.4, -0.2) is 48.4 Å². The Bertz CT molecular complexity index is 524. The minimum atomic E-state index is -3.74. The van der Waals surface area contributed by atoms with Gasteiger partial charge in [-0.05, 0) is 6.92 Å². The standard InChI is InChI=1S/C11H19N3O4S/c1-4-9-12-7-10(13-9)19(16,17)14(5-2)8-11(15)18-6-3/h7H,4-6,8H2,1-3H3,(H,12,13). The van der Waals surface area contributed by atoms with Gasteiger partial charge in [-0.25, -0.2) is 13.4 Å². The average molecular weight is 289 g/mol. The molecular formula is C11H19N3O4S. The van der Waals surface area contributed by atoms with Crippen molar-refractivity contribution < 1.29 is 17.9 Å². The van der Waals surface area contributed by atoms with Crippen molar-refractivity contribution in [3.05, 3.63) is 12.0 Å². The second-order valence-corrected chi connectivity index (χ2v) is 5.69. The number of carbonyl (C=O) groups excluding carboxylic acids is 1. The van der Waals surface area contributed by atoms with E-state index in [-0.39, 0.29) is 24.7 Å². The van der Waals surface area contributed by atoms with Crippen molar-refractivity contribution in [1.82, 2.24) is 14.3 Å². The monoisotopic (exact) mass is 289 g/mol. The van der Waals surface area contributed by atoms with Gasteiger partial charge in [-0.15, -0.1) is 0 Å². The number of rotatable bonds is 7. The molecule has 1 aromatic rings. The summed E-state index contributed by atoms with van der Waals surface area (Å²) in [6, 6.07) is 0. The molecule has 0 fully saturated rings. The summed E-state index contributed by atoms with van der Waals surface area (Å²) in [6.07, 6.45) is 1.88. The number of nitrogens with one attached hydrogen (secondary N) is 1. The van der Waals surface area contributed by atoms with E-state index >= 15 is 0 Å². The molecule has 7 nitrogen and oxygen atoms in total. The number of sulfonamides is 1. The number of likely N-dealkylation sites (N-methyl/N-ethyl adjacent to an activating group) is 1. The summed E-state index contributed by atoms with van der Waals surface area (Å²) < 4.78 is 30.4. The largest absolute Gasteiger partial charge is 0.465 e.